The number of amides is 4. The maximum Gasteiger partial charge on any atom is 0.364 e. The van der Waals surface area contributed by atoms with Crippen molar-refractivity contribution >= 4 is 29.6 Å². The number of nitrogens with one attached hydrogen (secondary N) is 4. The van der Waals surface area contributed by atoms with Crippen LogP contribution in [0.25, 0.3) is 0 Å². The van der Waals surface area contributed by atoms with E-state index in [0.717, 1.165) is 13.8 Å². The Labute approximate surface area is 344 Å². The highest BCUT2D eigenvalue weighted by Crippen LogP contribution is 2.35. The van der Waals surface area contributed by atoms with Crippen LogP contribution in [-0.2, 0) is 52.4 Å². The van der Waals surface area contributed by atoms with Crippen molar-refractivity contribution in [3.05, 3.63) is 0 Å². The fourth-order valence-corrected chi connectivity index (χ4v) is 6.87. The van der Waals surface area contributed by atoms with E-state index in [1.807, 2.05) is 0 Å². The summed E-state index contributed by atoms with van der Waals surface area (Å²) in [5.74, 6) is -6.50. The molecular formula is C35H60N4O21. The van der Waals surface area contributed by atoms with Gasteiger partial charge >= 0.3 is 5.97 Å². The quantitative estimate of drug-likeness (QED) is 0.0449. The van der Waals surface area contributed by atoms with Gasteiger partial charge in [0.25, 0.3) is 5.79 Å². The van der Waals surface area contributed by atoms with Gasteiger partial charge in [-0.25, -0.2) is 4.79 Å². The van der Waals surface area contributed by atoms with E-state index in [1.165, 1.54) is 7.05 Å². The second-order valence-electron chi connectivity index (χ2n) is 14.7. The largest absolute Gasteiger partial charge is 0.477 e. The number of carbonyl (C=O) groups excluding carboxylic acids is 4. The molecule has 3 rings (SSSR count). The van der Waals surface area contributed by atoms with E-state index in [0.29, 0.717) is 19.3 Å². The topological polar surface area (TPSA) is 391 Å². The summed E-state index contributed by atoms with van der Waals surface area (Å²) >= 11 is 0. The van der Waals surface area contributed by atoms with Gasteiger partial charge in [-0.1, -0.05) is 0 Å². The van der Waals surface area contributed by atoms with E-state index >= 15 is 0 Å². The van der Waals surface area contributed by atoms with Crippen LogP contribution in [0.15, 0.2) is 0 Å². The lowest BCUT2D eigenvalue weighted by atomic mass is 9.88. The van der Waals surface area contributed by atoms with Crippen molar-refractivity contribution in [3.8, 4) is 0 Å². The predicted octanol–water partition coefficient (Wildman–Crippen LogP) is -7.24. The number of carboxylic acid groups (broad SMARTS) is 1. The van der Waals surface area contributed by atoms with E-state index in [4.69, 9.17) is 28.4 Å². The molecule has 0 spiro atoms. The van der Waals surface area contributed by atoms with E-state index in [-0.39, 0.29) is 37.8 Å². The first kappa shape index (κ1) is 51.1. The lowest BCUT2D eigenvalue weighted by molar-refractivity contribution is -0.360. The van der Waals surface area contributed by atoms with Crippen molar-refractivity contribution < 1.29 is 103 Å². The molecule has 0 radical (unpaired) electrons. The number of hydrogen-bond acceptors (Lipinski definition) is 20. The minimum absolute atomic E-state index is 0.0570. The van der Waals surface area contributed by atoms with Crippen LogP contribution in [0.5, 0.6) is 0 Å². The van der Waals surface area contributed by atoms with Crippen molar-refractivity contribution in [1.82, 2.24) is 21.3 Å². The minimum Gasteiger partial charge on any atom is -0.477 e. The summed E-state index contributed by atoms with van der Waals surface area (Å²) in [6, 6.07) is -2.87. The Kier molecular flexibility index (Phi) is 20.3. The average molecular weight is 873 g/mol. The first-order valence-electron chi connectivity index (χ1n) is 19.4. The summed E-state index contributed by atoms with van der Waals surface area (Å²) in [5.41, 5.74) is 0. The summed E-state index contributed by atoms with van der Waals surface area (Å²) < 4.78 is 34.1. The summed E-state index contributed by atoms with van der Waals surface area (Å²) in [4.78, 5) is 60.0. The minimum atomic E-state index is -2.87. The van der Waals surface area contributed by atoms with Crippen LogP contribution in [-0.4, -0.2) is 218 Å². The molecule has 0 saturated carbocycles. The van der Waals surface area contributed by atoms with Gasteiger partial charge in [0.15, 0.2) is 12.6 Å². The van der Waals surface area contributed by atoms with E-state index in [1.54, 1.807) is 0 Å². The Bertz CT molecular complexity index is 1420. The second-order valence-corrected chi connectivity index (χ2v) is 14.7. The molecule has 14 N–H and O–H groups in total. The van der Waals surface area contributed by atoms with Crippen molar-refractivity contribution in [1.29, 1.82) is 0 Å². The van der Waals surface area contributed by atoms with Crippen molar-refractivity contribution in [2.75, 3.05) is 40.0 Å². The molecule has 3 saturated heterocycles. The maximum atomic E-state index is 12.6. The van der Waals surface area contributed by atoms with Gasteiger partial charge in [-0.2, -0.15) is 0 Å². The zero-order valence-electron chi connectivity index (χ0n) is 33.4. The van der Waals surface area contributed by atoms with Crippen molar-refractivity contribution in [3.63, 3.8) is 0 Å². The molecule has 25 heteroatoms. The Morgan fingerprint density at radius 1 is 0.800 bits per heavy atom. The summed E-state index contributed by atoms with van der Waals surface area (Å²) in [6.07, 6.45) is -22.9. The summed E-state index contributed by atoms with van der Waals surface area (Å²) in [7, 11) is 1.52. The first-order valence-corrected chi connectivity index (χ1v) is 19.4. The van der Waals surface area contributed by atoms with Crippen LogP contribution >= 0.6 is 0 Å². The summed E-state index contributed by atoms with van der Waals surface area (Å²) in [6.45, 7) is -0.534. The number of ether oxygens (including phenoxy) is 6. The Morgan fingerprint density at radius 2 is 1.42 bits per heavy atom. The van der Waals surface area contributed by atoms with Crippen LogP contribution in [0.4, 0.5) is 0 Å². The molecule has 3 aliphatic rings. The van der Waals surface area contributed by atoms with Crippen LogP contribution in [0.1, 0.15) is 52.4 Å². The molecule has 16 atom stereocenters. The summed E-state index contributed by atoms with van der Waals surface area (Å²) in [5, 5.41) is 115. The number of rotatable bonds is 22. The molecule has 0 aromatic heterocycles. The number of hydrogen-bond donors (Lipinski definition) is 14. The monoisotopic (exact) mass is 872 g/mol. The molecule has 25 nitrogen and oxygen atoms in total. The van der Waals surface area contributed by atoms with Crippen LogP contribution in [0.2, 0.25) is 0 Å². The molecule has 0 aliphatic carbocycles. The molecule has 60 heavy (non-hydrogen) atoms. The Hall–Kier alpha value is -3.25. The normalized spacial score (nSPS) is 35.4. The molecule has 4 amide bonds. The fraction of sp³-hybridized carbons (Fsp3) is 0.857. The average Bonchev–Trinajstić information content (AvgIpc) is 3.20. The fourth-order valence-electron chi connectivity index (χ4n) is 6.87. The van der Waals surface area contributed by atoms with Gasteiger partial charge in [0, 0.05) is 46.7 Å². The number of aliphatic hydroxyl groups excluding tert-OH is 9. The zero-order valence-corrected chi connectivity index (χ0v) is 33.4. The Morgan fingerprint density at radius 3 is 2.00 bits per heavy atom. The lowest BCUT2D eigenvalue weighted by Gasteiger charge is -2.48. The highest BCUT2D eigenvalue weighted by Gasteiger charge is 2.57. The van der Waals surface area contributed by atoms with Gasteiger partial charge in [-0.15, -0.1) is 0 Å². The van der Waals surface area contributed by atoms with Crippen molar-refractivity contribution in [2.24, 2.45) is 0 Å². The number of aliphatic carboxylic acids is 1. The molecule has 7 unspecified atom stereocenters. The van der Waals surface area contributed by atoms with Gasteiger partial charge in [0.05, 0.1) is 38.6 Å². The smallest absolute Gasteiger partial charge is 0.364 e. The van der Waals surface area contributed by atoms with Gasteiger partial charge in [0.1, 0.15) is 67.1 Å². The predicted molar refractivity (Wildman–Crippen MR) is 196 cm³/mol. The van der Waals surface area contributed by atoms with E-state index in [2.05, 4.69) is 21.3 Å². The number of unbranched alkanes of at least 4 members (excludes halogenated alkanes) is 1. The highest BCUT2D eigenvalue weighted by molar-refractivity contribution is 5.77. The van der Waals surface area contributed by atoms with Crippen LogP contribution in [0.3, 0.4) is 0 Å². The third-order valence-corrected chi connectivity index (χ3v) is 10.1. The van der Waals surface area contributed by atoms with Gasteiger partial charge in [-0.05, 0) is 19.3 Å². The number of aliphatic hydroxyl groups is 9. The lowest BCUT2D eigenvalue weighted by Crippen LogP contribution is -2.69. The SMILES string of the molecule is CNC(=O)CCCCC(=O)NCCCO[C@@H]1OC(CO)[C@@H](O[C@@H]2OC(CO[C@]3(C(=O)O)C[C@@H](O)[C@@H](NC(C)=O)C(C(O)C(O)CO)O3)[C@H](O)C(O)[C@@H]2O)C(O)[C@@H]1NC(C)=O. The number of carbonyl (C=O) groups is 5. The molecule has 0 aromatic carbocycles. The molecule has 3 fully saturated rings. The molecular weight excluding hydrogens is 812 g/mol. The zero-order chi connectivity index (χ0) is 44.9. The van der Waals surface area contributed by atoms with Crippen LogP contribution < -0.4 is 21.3 Å². The standard InChI is InChI=1S/C35H60N4O21/c1-15(42)38-23-17(44)11-35(34(53)54,60-31(23)25(48)18(45)12-40)56-14-20-26(49)28(51)29(52)33(58-20)59-30-19(13-41)57-32(24(27(30)50)39-16(2)43)55-10-6-9-37-22(47)8-5-4-7-21(46)36-3/h17-20,23-33,40-41,44-45,48-52H,4-14H2,1-3H3,(H,36,46)(H,37,47)(H,38,42)(H,39,43)(H,53,54)/t17-,18?,19?,20?,23-,24+,25?,26+,27?,28?,29+,30-,31?,32-,33+,35-/m1/s1. The first-order chi connectivity index (χ1) is 28.3. The van der Waals surface area contributed by atoms with Gasteiger partial charge in [0.2, 0.25) is 23.6 Å². The second kappa shape index (κ2) is 23.8. The highest BCUT2D eigenvalue weighted by atomic mass is 16.8. The molecule has 0 bridgehead atoms. The number of carboxylic acids is 1. The molecule has 3 heterocycles. The maximum absolute atomic E-state index is 12.6. The van der Waals surface area contributed by atoms with E-state index in [9.17, 15) is 75.0 Å². The van der Waals surface area contributed by atoms with Gasteiger partial charge < -0.3 is 101 Å². The van der Waals surface area contributed by atoms with Crippen LogP contribution in [0, 0.1) is 0 Å². The molecule has 3 aliphatic heterocycles. The van der Waals surface area contributed by atoms with Gasteiger partial charge in [-0.3, -0.25) is 19.2 Å². The molecule has 346 valence electrons. The van der Waals surface area contributed by atoms with E-state index < -0.39 is 142 Å². The van der Waals surface area contributed by atoms with Crippen molar-refractivity contribution in [2.45, 2.75) is 150 Å². The third kappa shape index (κ3) is 13.6. The third-order valence-electron chi connectivity index (χ3n) is 10.1. The molecule has 0 aromatic rings. The Balaban J connectivity index is 1.70.